The fourth-order valence-electron chi connectivity index (χ4n) is 1.42. The summed E-state index contributed by atoms with van der Waals surface area (Å²) in [5.41, 5.74) is 0.103. The van der Waals surface area contributed by atoms with Crippen LogP contribution in [0.4, 0.5) is 10.1 Å². The number of hydrogen-bond donors (Lipinski definition) is 1. The summed E-state index contributed by atoms with van der Waals surface area (Å²) in [4.78, 5) is 23.9. The van der Waals surface area contributed by atoms with E-state index >= 15 is 0 Å². The lowest BCUT2D eigenvalue weighted by Gasteiger charge is -2.05. The smallest absolute Gasteiger partial charge is 0.265 e. The molecule has 6 heteroatoms. The second-order valence-electron chi connectivity index (χ2n) is 3.80. The van der Waals surface area contributed by atoms with Gasteiger partial charge in [0.2, 0.25) is 0 Å². The Hall–Kier alpha value is -1.53. The van der Waals surface area contributed by atoms with Crippen LogP contribution in [0.1, 0.15) is 26.3 Å². The van der Waals surface area contributed by atoms with Gasteiger partial charge >= 0.3 is 0 Å². The first kappa shape index (κ1) is 13.9. The highest BCUT2D eigenvalue weighted by molar-refractivity contribution is 9.10. The SMILES string of the molecule is CC(=O)c1ccc(C(=O)Nc2ccc(Br)cc2F)s1. The van der Waals surface area contributed by atoms with Crippen molar-refractivity contribution in [3.05, 3.63) is 50.4 Å². The van der Waals surface area contributed by atoms with Crippen LogP contribution in [-0.4, -0.2) is 11.7 Å². The van der Waals surface area contributed by atoms with Crippen molar-refractivity contribution in [1.29, 1.82) is 0 Å². The number of thiophene rings is 1. The number of carbonyl (C=O) groups is 2. The van der Waals surface area contributed by atoms with Crippen molar-refractivity contribution in [2.75, 3.05) is 5.32 Å². The van der Waals surface area contributed by atoms with Gasteiger partial charge in [0, 0.05) is 4.47 Å². The van der Waals surface area contributed by atoms with Gasteiger partial charge in [-0.2, -0.15) is 0 Å². The summed E-state index contributed by atoms with van der Waals surface area (Å²) in [6.45, 7) is 1.43. The minimum atomic E-state index is -0.522. The molecule has 3 nitrogen and oxygen atoms in total. The maximum absolute atomic E-state index is 13.6. The minimum absolute atomic E-state index is 0.0983. The van der Waals surface area contributed by atoms with Crippen molar-refractivity contribution in [2.24, 2.45) is 0 Å². The number of rotatable bonds is 3. The molecule has 1 aromatic carbocycles. The molecule has 0 saturated heterocycles. The molecule has 1 heterocycles. The molecule has 1 aromatic heterocycles. The van der Waals surface area contributed by atoms with Crippen LogP contribution in [0.15, 0.2) is 34.8 Å². The number of amides is 1. The number of carbonyl (C=O) groups excluding carboxylic acids is 2. The largest absolute Gasteiger partial charge is 0.319 e. The lowest BCUT2D eigenvalue weighted by atomic mass is 10.3. The van der Waals surface area contributed by atoms with Crippen molar-refractivity contribution in [3.63, 3.8) is 0 Å². The molecule has 2 aromatic rings. The number of Topliss-reactive ketones (excluding diaryl/α,β-unsaturated/α-hetero) is 1. The molecule has 1 N–H and O–H groups in total. The first-order chi connectivity index (χ1) is 8.97. The van der Waals surface area contributed by atoms with Crippen LogP contribution in [0.5, 0.6) is 0 Å². The quantitative estimate of drug-likeness (QED) is 0.854. The molecule has 2 rings (SSSR count). The fourth-order valence-corrected chi connectivity index (χ4v) is 2.55. The van der Waals surface area contributed by atoms with E-state index in [1.54, 1.807) is 18.2 Å². The van der Waals surface area contributed by atoms with E-state index in [-0.39, 0.29) is 11.5 Å². The van der Waals surface area contributed by atoms with E-state index < -0.39 is 11.7 Å². The summed E-state index contributed by atoms with van der Waals surface area (Å²) < 4.78 is 14.2. The van der Waals surface area contributed by atoms with Crippen molar-refractivity contribution in [3.8, 4) is 0 Å². The second-order valence-corrected chi connectivity index (χ2v) is 5.80. The maximum atomic E-state index is 13.6. The van der Waals surface area contributed by atoms with Crippen LogP contribution in [0.3, 0.4) is 0 Å². The van der Waals surface area contributed by atoms with E-state index in [2.05, 4.69) is 21.2 Å². The predicted octanol–water partition coefficient (Wildman–Crippen LogP) is 4.10. The predicted molar refractivity (Wildman–Crippen MR) is 76.4 cm³/mol. The molecule has 0 fully saturated rings. The third kappa shape index (κ3) is 3.27. The normalized spacial score (nSPS) is 10.3. The van der Waals surface area contributed by atoms with Gasteiger partial charge in [-0.25, -0.2) is 4.39 Å². The number of hydrogen-bond acceptors (Lipinski definition) is 3. The average Bonchev–Trinajstić information content (AvgIpc) is 2.82. The van der Waals surface area contributed by atoms with Crippen molar-refractivity contribution in [2.45, 2.75) is 6.92 Å². The summed E-state index contributed by atoms with van der Waals surface area (Å²) >= 11 is 4.22. The first-order valence-corrected chi connectivity index (χ1v) is 6.95. The molecule has 1 amide bonds. The summed E-state index contributed by atoms with van der Waals surface area (Å²) in [6, 6.07) is 7.50. The standard InChI is InChI=1S/C13H9BrFNO2S/c1-7(17)11-4-5-12(19-11)13(18)16-10-3-2-8(14)6-9(10)15/h2-6H,1H3,(H,16,18). The van der Waals surface area contributed by atoms with Crippen LogP contribution >= 0.6 is 27.3 Å². The zero-order valence-corrected chi connectivity index (χ0v) is 12.3. The fraction of sp³-hybridized carbons (Fsp3) is 0.0769. The first-order valence-electron chi connectivity index (χ1n) is 5.34. The maximum Gasteiger partial charge on any atom is 0.265 e. The lowest BCUT2D eigenvalue weighted by Crippen LogP contribution is -2.11. The highest BCUT2D eigenvalue weighted by Crippen LogP contribution is 2.22. The second kappa shape index (κ2) is 5.63. The molecule has 0 saturated carbocycles. The van der Waals surface area contributed by atoms with Gasteiger partial charge in [0.15, 0.2) is 5.78 Å². The Bertz CT molecular complexity index is 654. The van der Waals surface area contributed by atoms with E-state index in [1.165, 1.54) is 19.1 Å². The van der Waals surface area contributed by atoms with Gasteiger partial charge in [0.25, 0.3) is 5.91 Å². The van der Waals surface area contributed by atoms with Gasteiger partial charge in [-0.05, 0) is 37.3 Å². The Kier molecular flexibility index (Phi) is 4.11. The van der Waals surface area contributed by atoms with Crippen LogP contribution in [0, 0.1) is 5.82 Å². The summed E-state index contributed by atoms with van der Waals surface area (Å²) in [5.74, 6) is -1.05. The Morgan fingerprint density at radius 1 is 1.21 bits per heavy atom. The number of benzene rings is 1. The monoisotopic (exact) mass is 341 g/mol. The van der Waals surface area contributed by atoms with Crippen molar-refractivity contribution >= 4 is 44.6 Å². The van der Waals surface area contributed by atoms with Gasteiger partial charge < -0.3 is 5.32 Å². The molecule has 0 atom stereocenters. The highest BCUT2D eigenvalue weighted by atomic mass is 79.9. The molecule has 0 radical (unpaired) electrons. The van der Waals surface area contributed by atoms with Gasteiger partial charge in [-0.15, -0.1) is 11.3 Å². The molecular formula is C13H9BrFNO2S. The van der Waals surface area contributed by atoms with Crippen molar-refractivity contribution in [1.82, 2.24) is 0 Å². The Labute approximate surface area is 121 Å². The van der Waals surface area contributed by atoms with E-state index in [0.29, 0.717) is 14.2 Å². The van der Waals surface area contributed by atoms with E-state index in [9.17, 15) is 14.0 Å². The van der Waals surface area contributed by atoms with E-state index in [1.807, 2.05) is 0 Å². The molecule has 19 heavy (non-hydrogen) atoms. The molecule has 0 aliphatic heterocycles. The molecule has 0 bridgehead atoms. The Morgan fingerprint density at radius 3 is 2.47 bits per heavy atom. The Morgan fingerprint density at radius 2 is 1.89 bits per heavy atom. The van der Waals surface area contributed by atoms with E-state index in [4.69, 9.17) is 0 Å². The highest BCUT2D eigenvalue weighted by Gasteiger charge is 2.13. The third-order valence-electron chi connectivity index (χ3n) is 2.36. The van der Waals surface area contributed by atoms with Crippen LogP contribution in [-0.2, 0) is 0 Å². The number of nitrogens with one attached hydrogen (secondary N) is 1. The molecule has 0 unspecified atom stereocenters. The topological polar surface area (TPSA) is 46.2 Å². The minimum Gasteiger partial charge on any atom is -0.319 e. The molecule has 0 spiro atoms. The van der Waals surface area contributed by atoms with Gasteiger partial charge in [0.05, 0.1) is 15.4 Å². The number of anilines is 1. The zero-order valence-electron chi connectivity index (χ0n) is 9.87. The van der Waals surface area contributed by atoms with Crippen molar-refractivity contribution < 1.29 is 14.0 Å². The van der Waals surface area contributed by atoms with Crippen LogP contribution in [0.25, 0.3) is 0 Å². The summed E-state index contributed by atoms with van der Waals surface area (Å²) in [6.07, 6.45) is 0. The number of ketones is 1. The van der Waals surface area contributed by atoms with Crippen LogP contribution < -0.4 is 5.32 Å². The molecule has 0 aliphatic carbocycles. The van der Waals surface area contributed by atoms with Gasteiger partial charge in [-0.1, -0.05) is 15.9 Å². The third-order valence-corrected chi connectivity index (χ3v) is 4.03. The van der Waals surface area contributed by atoms with Gasteiger partial charge in [-0.3, -0.25) is 9.59 Å². The molecule has 98 valence electrons. The summed E-state index contributed by atoms with van der Waals surface area (Å²) in [7, 11) is 0. The van der Waals surface area contributed by atoms with E-state index in [0.717, 1.165) is 11.3 Å². The number of halogens is 2. The Balaban J connectivity index is 2.18. The van der Waals surface area contributed by atoms with Gasteiger partial charge in [0.1, 0.15) is 5.82 Å². The van der Waals surface area contributed by atoms with Crippen LogP contribution in [0.2, 0.25) is 0 Å². The molecular weight excluding hydrogens is 333 g/mol. The zero-order chi connectivity index (χ0) is 14.0. The average molecular weight is 342 g/mol. The lowest BCUT2D eigenvalue weighted by molar-refractivity contribution is 0.101. The molecule has 0 aliphatic rings. The summed E-state index contributed by atoms with van der Waals surface area (Å²) in [5, 5.41) is 2.47.